The molecule has 0 radical (unpaired) electrons. The Labute approximate surface area is 162 Å². The van der Waals surface area contributed by atoms with Crippen LogP contribution in [0.15, 0.2) is 46.9 Å². The van der Waals surface area contributed by atoms with Crippen LogP contribution in [-0.2, 0) is 4.74 Å². The lowest BCUT2D eigenvalue weighted by atomic mass is 10.2. The van der Waals surface area contributed by atoms with Gasteiger partial charge in [-0.25, -0.2) is 0 Å². The summed E-state index contributed by atoms with van der Waals surface area (Å²) in [7, 11) is 1.60. The normalized spacial score (nSPS) is 11.7. The van der Waals surface area contributed by atoms with Gasteiger partial charge in [-0.2, -0.15) is 0 Å². The van der Waals surface area contributed by atoms with Crippen molar-refractivity contribution >= 4 is 27.5 Å². The van der Waals surface area contributed by atoms with Crippen molar-refractivity contribution in [1.82, 2.24) is 0 Å². The van der Waals surface area contributed by atoms with Crippen molar-refractivity contribution in [3.8, 4) is 11.5 Å². The van der Waals surface area contributed by atoms with Gasteiger partial charge in [-0.05, 0) is 43.7 Å². The van der Waals surface area contributed by atoms with E-state index in [-0.39, 0.29) is 12.0 Å². The van der Waals surface area contributed by atoms with Crippen molar-refractivity contribution in [1.29, 1.82) is 0 Å². The van der Waals surface area contributed by atoms with E-state index in [9.17, 15) is 4.79 Å². The molecule has 0 saturated heterocycles. The van der Waals surface area contributed by atoms with Crippen LogP contribution in [0.2, 0.25) is 0 Å². The Morgan fingerprint density at radius 1 is 1.19 bits per heavy atom. The zero-order chi connectivity index (χ0) is 18.9. The van der Waals surface area contributed by atoms with Crippen LogP contribution in [-0.4, -0.2) is 32.3 Å². The molecule has 1 amide bonds. The molecule has 6 heteroatoms. The molecule has 0 fully saturated rings. The highest BCUT2D eigenvalue weighted by Gasteiger charge is 2.14. The smallest absolute Gasteiger partial charge is 0.259 e. The summed E-state index contributed by atoms with van der Waals surface area (Å²) in [5.41, 5.74) is 1.11. The predicted molar refractivity (Wildman–Crippen MR) is 106 cm³/mol. The molecule has 0 aliphatic rings. The Bertz CT molecular complexity index is 736. The number of methoxy groups -OCH3 is 1. The van der Waals surface area contributed by atoms with Gasteiger partial charge >= 0.3 is 0 Å². The molecule has 1 atom stereocenters. The second-order valence-corrected chi connectivity index (χ2v) is 6.72. The van der Waals surface area contributed by atoms with E-state index in [1.807, 2.05) is 37.3 Å². The second kappa shape index (κ2) is 10.2. The number of anilines is 1. The summed E-state index contributed by atoms with van der Waals surface area (Å²) in [6.45, 7) is 4.90. The Morgan fingerprint density at radius 3 is 2.73 bits per heavy atom. The average molecular weight is 422 g/mol. The van der Waals surface area contributed by atoms with Gasteiger partial charge in [0.15, 0.2) is 0 Å². The highest BCUT2D eigenvalue weighted by Crippen LogP contribution is 2.25. The third-order valence-corrected chi connectivity index (χ3v) is 4.23. The zero-order valence-electron chi connectivity index (χ0n) is 15.3. The summed E-state index contributed by atoms with van der Waals surface area (Å²) in [6.07, 6.45) is 1.03. The molecule has 2 aromatic carbocycles. The minimum absolute atomic E-state index is 0.117. The van der Waals surface area contributed by atoms with Crippen LogP contribution in [0.5, 0.6) is 11.5 Å². The number of hydrogen-bond acceptors (Lipinski definition) is 4. The van der Waals surface area contributed by atoms with Crippen molar-refractivity contribution in [3.63, 3.8) is 0 Å². The quantitative estimate of drug-likeness (QED) is 0.584. The molecule has 0 spiro atoms. The van der Waals surface area contributed by atoms with E-state index in [4.69, 9.17) is 14.2 Å². The van der Waals surface area contributed by atoms with E-state index in [1.165, 1.54) is 0 Å². The molecule has 2 aromatic rings. The monoisotopic (exact) mass is 421 g/mol. The molecule has 140 valence electrons. The molecule has 5 nitrogen and oxygen atoms in total. The Morgan fingerprint density at radius 2 is 2.00 bits per heavy atom. The van der Waals surface area contributed by atoms with E-state index in [0.29, 0.717) is 30.2 Å². The third-order valence-electron chi connectivity index (χ3n) is 3.74. The molecule has 0 aliphatic heterocycles. The molecule has 0 aliphatic carbocycles. The summed E-state index contributed by atoms with van der Waals surface area (Å²) in [5, 5.41) is 2.90. The number of amides is 1. The number of carbonyl (C=O) groups excluding carboxylic acids is 1. The number of nitrogens with one attached hydrogen (secondary N) is 1. The average Bonchev–Trinajstić information content (AvgIpc) is 2.63. The largest absolute Gasteiger partial charge is 0.491 e. The second-order valence-electron chi connectivity index (χ2n) is 5.80. The van der Waals surface area contributed by atoms with Crippen molar-refractivity contribution in [3.05, 3.63) is 52.5 Å². The molecule has 0 saturated carbocycles. The highest BCUT2D eigenvalue weighted by molar-refractivity contribution is 9.10. The zero-order valence-corrected chi connectivity index (χ0v) is 16.8. The lowest BCUT2D eigenvalue weighted by molar-refractivity contribution is 0.101. The maximum Gasteiger partial charge on any atom is 0.259 e. The first kappa shape index (κ1) is 20.3. The number of ether oxygens (including phenoxy) is 3. The van der Waals surface area contributed by atoms with E-state index in [0.717, 1.165) is 16.6 Å². The molecular weight excluding hydrogens is 398 g/mol. The van der Waals surface area contributed by atoms with Gasteiger partial charge in [0.05, 0.1) is 18.3 Å². The Hall–Kier alpha value is -2.05. The molecule has 26 heavy (non-hydrogen) atoms. The Balaban J connectivity index is 2.14. The topological polar surface area (TPSA) is 56.8 Å². The summed E-state index contributed by atoms with van der Waals surface area (Å²) in [5.74, 6) is 0.983. The number of halogens is 1. The van der Waals surface area contributed by atoms with Crippen molar-refractivity contribution < 1.29 is 19.0 Å². The molecular formula is C20H24BrNO4. The Kier molecular flexibility index (Phi) is 7.94. The first-order valence-corrected chi connectivity index (χ1v) is 9.32. The number of benzene rings is 2. The maximum absolute atomic E-state index is 12.7. The van der Waals surface area contributed by atoms with Gasteiger partial charge in [-0.3, -0.25) is 4.79 Å². The van der Waals surface area contributed by atoms with E-state index in [1.54, 1.807) is 19.2 Å². The fourth-order valence-corrected chi connectivity index (χ4v) is 2.56. The van der Waals surface area contributed by atoms with Gasteiger partial charge in [-0.15, -0.1) is 0 Å². The van der Waals surface area contributed by atoms with E-state index >= 15 is 0 Å². The van der Waals surface area contributed by atoms with Crippen LogP contribution >= 0.6 is 15.9 Å². The third kappa shape index (κ3) is 6.04. The minimum Gasteiger partial charge on any atom is -0.491 e. The van der Waals surface area contributed by atoms with Crippen LogP contribution in [0.25, 0.3) is 0 Å². The van der Waals surface area contributed by atoms with E-state index < -0.39 is 0 Å². The van der Waals surface area contributed by atoms with Gasteiger partial charge in [-0.1, -0.05) is 28.9 Å². The van der Waals surface area contributed by atoms with Gasteiger partial charge < -0.3 is 19.5 Å². The van der Waals surface area contributed by atoms with Crippen LogP contribution in [0.3, 0.4) is 0 Å². The summed E-state index contributed by atoms with van der Waals surface area (Å²) in [6, 6.07) is 12.7. The van der Waals surface area contributed by atoms with Crippen molar-refractivity contribution in [2.75, 3.05) is 25.6 Å². The molecule has 2 rings (SSSR count). The van der Waals surface area contributed by atoms with E-state index in [2.05, 4.69) is 28.2 Å². The lowest BCUT2D eigenvalue weighted by Crippen LogP contribution is -2.15. The van der Waals surface area contributed by atoms with Gasteiger partial charge in [0, 0.05) is 23.3 Å². The van der Waals surface area contributed by atoms with Crippen LogP contribution in [0.1, 0.15) is 30.6 Å². The molecule has 0 aromatic heterocycles. The summed E-state index contributed by atoms with van der Waals surface area (Å²) >= 11 is 3.40. The molecule has 1 N–H and O–H groups in total. The fourth-order valence-electron chi connectivity index (χ4n) is 2.20. The minimum atomic E-state index is -0.251. The SMILES string of the molecule is CCC(C)Oc1cccc(NC(=O)c2cc(Br)ccc2OCCOC)c1. The highest BCUT2D eigenvalue weighted by atomic mass is 79.9. The maximum atomic E-state index is 12.7. The number of hydrogen-bond donors (Lipinski definition) is 1. The first-order chi connectivity index (χ1) is 12.5. The summed E-state index contributed by atoms with van der Waals surface area (Å²) < 4.78 is 17.2. The fraction of sp³-hybridized carbons (Fsp3) is 0.350. The standard InChI is InChI=1S/C20H24BrNO4/c1-4-14(2)26-17-7-5-6-16(13-17)22-20(23)18-12-15(21)8-9-19(18)25-11-10-24-3/h5-9,12-14H,4,10-11H2,1-3H3,(H,22,23). The first-order valence-electron chi connectivity index (χ1n) is 8.52. The van der Waals surface area contributed by atoms with Crippen LogP contribution in [0, 0.1) is 0 Å². The molecule has 0 bridgehead atoms. The predicted octanol–water partition coefficient (Wildman–Crippen LogP) is 4.90. The van der Waals surface area contributed by atoms with Gasteiger partial charge in [0.2, 0.25) is 0 Å². The molecule has 1 unspecified atom stereocenters. The van der Waals surface area contributed by atoms with Crippen molar-refractivity contribution in [2.45, 2.75) is 26.4 Å². The van der Waals surface area contributed by atoms with Crippen molar-refractivity contribution in [2.24, 2.45) is 0 Å². The van der Waals surface area contributed by atoms with Crippen LogP contribution in [0.4, 0.5) is 5.69 Å². The van der Waals surface area contributed by atoms with Gasteiger partial charge in [0.1, 0.15) is 18.1 Å². The van der Waals surface area contributed by atoms with Gasteiger partial charge in [0.25, 0.3) is 5.91 Å². The lowest BCUT2D eigenvalue weighted by Gasteiger charge is -2.15. The number of rotatable bonds is 9. The molecule has 0 heterocycles. The number of carbonyl (C=O) groups is 1. The summed E-state index contributed by atoms with van der Waals surface area (Å²) in [4.78, 5) is 12.7. The van der Waals surface area contributed by atoms with Crippen LogP contribution < -0.4 is 14.8 Å².